The third-order valence-corrected chi connectivity index (χ3v) is 18.0. The topological polar surface area (TPSA) is 0 Å². The van der Waals surface area contributed by atoms with Gasteiger partial charge in [-0.2, -0.15) is 0 Å². The summed E-state index contributed by atoms with van der Waals surface area (Å²) in [6, 6.07) is 16.7. The van der Waals surface area contributed by atoms with Crippen LogP contribution in [0.15, 0.2) is 79.0 Å². The van der Waals surface area contributed by atoms with Gasteiger partial charge in [-0.1, -0.05) is 83.4 Å². The Labute approximate surface area is 269 Å². The Bertz CT molecular complexity index is 1280. The predicted molar refractivity (Wildman–Crippen MR) is 193 cm³/mol. The summed E-state index contributed by atoms with van der Waals surface area (Å²) in [6.07, 6.45) is 12.8. The third kappa shape index (κ3) is 7.05. The Morgan fingerprint density at radius 1 is 0.541 bits per heavy atom. The van der Waals surface area contributed by atoms with Crippen molar-refractivity contribution in [2.24, 2.45) is 0 Å². The van der Waals surface area contributed by atoms with E-state index in [9.17, 15) is 0 Å². The van der Waals surface area contributed by atoms with Gasteiger partial charge in [-0.05, 0) is 113 Å². The van der Waals surface area contributed by atoms with Crippen LogP contribution in [-0.4, -0.2) is 25.0 Å². The second-order valence-electron chi connectivity index (χ2n) is 8.61. The molecule has 0 spiro atoms. The van der Waals surface area contributed by atoms with E-state index in [4.69, 9.17) is 0 Å². The molecule has 0 fully saturated rings. The van der Waals surface area contributed by atoms with E-state index in [1.165, 1.54) is 51.2 Å². The number of rotatable bonds is 4. The maximum Gasteiger partial charge on any atom is 0.0657 e. The number of hydrogen-bond acceptors (Lipinski definition) is 8. The van der Waals surface area contributed by atoms with Gasteiger partial charge in [-0.15, -0.1) is 47.0 Å². The van der Waals surface area contributed by atoms with Crippen molar-refractivity contribution in [3.63, 3.8) is 0 Å². The Kier molecular flexibility index (Phi) is 10.9. The lowest BCUT2D eigenvalue weighted by atomic mass is 9.94. The molecule has 6 aliphatic rings. The van der Waals surface area contributed by atoms with Crippen molar-refractivity contribution < 1.29 is 0 Å². The first-order chi connectivity index (χ1) is 18.0. The highest BCUT2D eigenvalue weighted by atomic mass is 127. The molecule has 0 unspecified atom stereocenters. The van der Waals surface area contributed by atoms with E-state index in [-0.39, 0.29) is 0 Å². The van der Waals surface area contributed by atoms with E-state index in [1.54, 1.807) is 11.1 Å². The van der Waals surface area contributed by atoms with Gasteiger partial charge in [0.2, 0.25) is 0 Å². The third-order valence-electron chi connectivity index (χ3n) is 6.19. The van der Waals surface area contributed by atoms with Crippen LogP contribution < -0.4 is 0 Å². The van der Waals surface area contributed by atoms with E-state index >= 15 is 0 Å². The van der Waals surface area contributed by atoms with Crippen LogP contribution in [0.3, 0.4) is 0 Å². The molecule has 0 amide bonds. The fraction of sp³-hybridized carbons (Fsp3) is 0.286. The molecule has 4 aliphatic carbocycles. The molecule has 0 nitrogen and oxygen atoms in total. The molecule has 0 aromatic heterocycles. The predicted octanol–water partition coefficient (Wildman–Crippen LogP) is 11.3. The first kappa shape index (κ1) is 29.4. The van der Waals surface area contributed by atoms with E-state index in [1.807, 2.05) is 94.1 Å². The van der Waals surface area contributed by atoms with Crippen LogP contribution in [0, 0.1) is 3.57 Å². The lowest BCUT2D eigenvalue weighted by Crippen LogP contribution is -2.03. The standard InChI is InChI=1S/C28H27IS8/c1-30-25-26(31-2)35-23(34-25)20-11-16-5-7-17(8-6-16)12-21(24-36-27(32-3)28(33-4)37-24)15-19-10-9-18(13-20)14-22(19)29/h5-10,14H,11-13,15H2,1-4H3. The number of benzene rings is 2. The van der Waals surface area contributed by atoms with Gasteiger partial charge in [0.15, 0.2) is 0 Å². The highest BCUT2D eigenvalue weighted by Gasteiger charge is 2.26. The Morgan fingerprint density at radius 2 is 0.919 bits per heavy atom. The zero-order chi connectivity index (χ0) is 25.9. The number of halogens is 1. The molecular formula is C28H27IS8. The summed E-state index contributed by atoms with van der Waals surface area (Å²) in [5.74, 6) is 0. The molecular weight excluding hydrogens is 720 g/mol. The Morgan fingerprint density at radius 3 is 1.32 bits per heavy atom. The minimum atomic E-state index is 1.01. The number of hydrogen-bond donors (Lipinski definition) is 0. The van der Waals surface area contributed by atoms with Crippen LogP contribution in [0.25, 0.3) is 0 Å². The van der Waals surface area contributed by atoms with Gasteiger partial charge in [-0.3, -0.25) is 0 Å². The molecule has 0 saturated heterocycles. The van der Waals surface area contributed by atoms with E-state index in [0.29, 0.717) is 0 Å². The molecule has 0 radical (unpaired) electrons. The van der Waals surface area contributed by atoms with Crippen molar-refractivity contribution in [2.45, 2.75) is 25.7 Å². The first-order valence-electron chi connectivity index (χ1n) is 11.7. The quantitative estimate of drug-likeness (QED) is 0.280. The van der Waals surface area contributed by atoms with Crippen LogP contribution in [0.4, 0.5) is 0 Å². The summed E-state index contributed by atoms with van der Waals surface area (Å²) in [5, 5.41) is 0. The van der Waals surface area contributed by atoms with Crippen molar-refractivity contribution >= 4 is 117 Å². The second kappa shape index (κ2) is 13.7. The molecule has 2 aromatic carbocycles. The van der Waals surface area contributed by atoms with Crippen molar-refractivity contribution in [3.05, 3.63) is 105 Å². The average Bonchev–Trinajstić information content (AvgIpc) is 3.54. The van der Waals surface area contributed by atoms with Gasteiger partial charge in [0, 0.05) is 3.57 Å². The summed E-state index contributed by atoms with van der Waals surface area (Å²) in [4.78, 5) is 0. The highest BCUT2D eigenvalue weighted by molar-refractivity contribution is 14.1. The number of allylic oxidation sites excluding steroid dienone is 2. The molecule has 9 heteroatoms. The molecule has 0 atom stereocenters. The van der Waals surface area contributed by atoms with E-state index in [0.717, 1.165) is 25.7 Å². The molecule has 2 aliphatic heterocycles. The molecule has 0 N–H and O–H groups in total. The van der Waals surface area contributed by atoms with Crippen LogP contribution in [0.1, 0.15) is 22.3 Å². The fourth-order valence-corrected chi connectivity index (χ4v) is 15.2. The molecule has 4 bridgehead atoms. The van der Waals surface area contributed by atoms with Crippen molar-refractivity contribution in [1.29, 1.82) is 0 Å². The largest absolute Gasteiger partial charge is 0.121 e. The molecule has 8 rings (SSSR count). The van der Waals surface area contributed by atoms with E-state index in [2.05, 4.69) is 90.1 Å². The van der Waals surface area contributed by atoms with Crippen molar-refractivity contribution in [3.8, 4) is 0 Å². The van der Waals surface area contributed by atoms with Crippen LogP contribution in [0.5, 0.6) is 0 Å². The highest BCUT2D eigenvalue weighted by Crippen LogP contribution is 2.59. The molecule has 2 aromatic rings. The molecule has 194 valence electrons. The first-order valence-corrected chi connectivity index (χ1v) is 20.9. The normalized spacial score (nSPS) is 18.6. The minimum absolute atomic E-state index is 1.01. The van der Waals surface area contributed by atoms with Crippen molar-refractivity contribution in [1.82, 2.24) is 0 Å². The summed E-state index contributed by atoms with van der Waals surface area (Å²) in [5.41, 5.74) is 8.77. The van der Waals surface area contributed by atoms with Gasteiger partial charge >= 0.3 is 0 Å². The summed E-state index contributed by atoms with van der Waals surface area (Å²) in [7, 11) is 0. The van der Waals surface area contributed by atoms with Gasteiger partial charge in [-0.25, -0.2) is 0 Å². The fourth-order valence-electron chi connectivity index (χ4n) is 4.34. The van der Waals surface area contributed by atoms with Crippen molar-refractivity contribution in [2.75, 3.05) is 25.0 Å². The smallest absolute Gasteiger partial charge is 0.0657 e. The zero-order valence-electron chi connectivity index (χ0n) is 21.0. The summed E-state index contributed by atoms with van der Waals surface area (Å²) in [6.45, 7) is 0. The Hall–Kier alpha value is 0.930. The SMILES string of the molecule is CSC1=C(SC)SC(=C2Cc3ccc(cc3)CC(=C3SC(SC)=C(SC)S3)Cc3ccc(cc3I)C2)S1. The maximum absolute atomic E-state index is 2.57. The minimum Gasteiger partial charge on any atom is -0.121 e. The summed E-state index contributed by atoms with van der Waals surface area (Å²) >= 11 is 18.0. The second-order valence-corrected chi connectivity index (χ2v) is 18.7. The maximum atomic E-state index is 2.57. The lowest BCUT2D eigenvalue weighted by molar-refractivity contribution is 0.997. The summed E-state index contributed by atoms with van der Waals surface area (Å²) < 4.78 is 10.2. The lowest BCUT2D eigenvalue weighted by Gasteiger charge is -2.17. The van der Waals surface area contributed by atoms with Gasteiger partial charge < -0.3 is 0 Å². The Balaban J connectivity index is 1.53. The zero-order valence-corrected chi connectivity index (χ0v) is 29.7. The van der Waals surface area contributed by atoms with Gasteiger partial charge in [0.05, 0.1) is 25.4 Å². The average molecular weight is 747 g/mol. The number of thioether (sulfide) groups is 8. The molecule has 0 saturated carbocycles. The van der Waals surface area contributed by atoms with Gasteiger partial charge in [0.25, 0.3) is 0 Å². The van der Waals surface area contributed by atoms with E-state index < -0.39 is 0 Å². The molecule has 37 heavy (non-hydrogen) atoms. The van der Waals surface area contributed by atoms with Gasteiger partial charge in [0.1, 0.15) is 0 Å². The molecule has 2 heterocycles. The van der Waals surface area contributed by atoms with Crippen LogP contribution in [-0.2, 0) is 25.7 Å². The van der Waals surface area contributed by atoms with Crippen LogP contribution >= 0.6 is 117 Å². The van der Waals surface area contributed by atoms with Crippen LogP contribution in [0.2, 0.25) is 0 Å². The monoisotopic (exact) mass is 746 g/mol.